The lowest BCUT2D eigenvalue weighted by atomic mass is 10.0. The third kappa shape index (κ3) is 8.90. The molecule has 0 aliphatic heterocycles. The minimum atomic E-state index is 0.607. The Labute approximate surface area is 115 Å². The number of likely N-dealkylation sites (N-methyl/N-ethyl adjacent to an activating group) is 2. The SMILES string of the molecule is CCNC(CN(CCN(C)C)CC(C)C)C(C)C. The van der Waals surface area contributed by atoms with Crippen molar-refractivity contribution in [2.45, 2.75) is 40.7 Å². The molecule has 0 rings (SSSR count). The lowest BCUT2D eigenvalue weighted by Crippen LogP contribution is -2.46. The van der Waals surface area contributed by atoms with Crippen LogP contribution in [-0.2, 0) is 0 Å². The van der Waals surface area contributed by atoms with Crippen LogP contribution < -0.4 is 5.32 Å². The summed E-state index contributed by atoms with van der Waals surface area (Å²) in [4.78, 5) is 4.88. The Kier molecular flexibility index (Phi) is 9.70. The van der Waals surface area contributed by atoms with Crippen LogP contribution in [0.2, 0.25) is 0 Å². The summed E-state index contributed by atoms with van der Waals surface area (Å²) in [6.45, 7) is 17.2. The number of nitrogens with zero attached hydrogens (tertiary/aromatic N) is 2. The lowest BCUT2D eigenvalue weighted by molar-refractivity contribution is 0.184. The first-order chi connectivity index (χ1) is 8.36. The number of nitrogens with one attached hydrogen (secondary N) is 1. The summed E-state index contributed by atoms with van der Waals surface area (Å²) in [6, 6.07) is 0.607. The number of hydrogen-bond acceptors (Lipinski definition) is 3. The van der Waals surface area contributed by atoms with Gasteiger partial charge in [-0.3, -0.25) is 0 Å². The van der Waals surface area contributed by atoms with Gasteiger partial charge in [0.25, 0.3) is 0 Å². The molecular formula is C15H35N3. The highest BCUT2D eigenvalue weighted by molar-refractivity contribution is 4.76. The van der Waals surface area contributed by atoms with Gasteiger partial charge in [0.05, 0.1) is 0 Å². The average molecular weight is 257 g/mol. The molecule has 1 unspecified atom stereocenters. The third-order valence-corrected chi connectivity index (χ3v) is 3.21. The van der Waals surface area contributed by atoms with Crippen LogP contribution >= 0.6 is 0 Å². The molecule has 0 aromatic heterocycles. The van der Waals surface area contributed by atoms with Crippen molar-refractivity contribution in [2.75, 3.05) is 46.8 Å². The molecule has 0 saturated heterocycles. The first kappa shape index (κ1) is 17.9. The van der Waals surface area contributed by atoms with Crippen LogP contribution in [0, 0.1) is 11.8 Å². The van der Waals surface area contributed by atoms with Crippen LogP contribution in [0.4, 0.5) is 0 Å². The maximum Gasteiger partial charge on any atom is 0.0217 e. The molecule has 3 nitrogen and oxygen atoms in total. The first-order valence-corrected chi connectivity index (χ1v) is 7.47. The van der Waals surface area contributed by atoms with Gasteiger partial charge in [0.15, 0.2) is 0 Å². The van der Waals surface area contributed by atoms with E-state index in [0.29, 0.717) is 12.0 Å². The fourth-order valence-corrected chi connectivity index (χ4v) is 2.17. The summed E-state index contributed by atoms with van der Waals surface area (Å²) in [7, 11) is 4.30. The van der Waals surface area contributed by atoms with Crippen LogP contribution in [0.1, 0.15) is 34.6 Å². The third-order valence-electron chi connectivity index (χ3n) is 3.21. The van der Waals surface area contributed by atoms with Crippen LogP contribution in [0.15, 0.2) is 0 Å². The average Bonchev–Trinajstić information content (AvgIpc) is 2.24. The zero-order valence-electron chi connectivity index (χ0n) is 13.7. The Hall–Kier alpha value is -0.120. The molecule has 0 amide bonds. The Morgan fingerprint density at radius 3 is 1.94 bits per heavy atom. The minimum absolute atomic E-state index is 0.607. The summed E-state index contributed by atoms with van der Waals surface area (Å²) in [5, 5.41) is 3.62. The summed E-state index contributed by atoms with van der Waals surface area (Å²) in [5.74, 6) is 1.43. The van der Waals surface area contributed by atoms with Crippen LogP contribution in [0.25, 0.3) is 0 Å². The monoisotopic (exact) mass is 257 g/mol. The van der Waals surface area contributed by atoms with Gasteiger partial charge in [-0.15, -0.1) is 0 Å². The second-order valence-corrected chi connectivity index (χ2v) is 6.36. The molecule has 1 N–H and O–H groups in total. The fourth-order valence-electron chi connectivity index (χ4n) is 2.17. The van der Waals surface area contributed by atoms with Crippen molar-refractivity contribution in [3.63, 3.8) is 0 Å². The van der Waals surface area contributed by atoms with E-state index in [1.165, 1.54) is 13.1 Å². The van der Waals surface area contributed by atoms with Crippen LogP contribution in [0.3, 0.4) is 0 Å². The number of hydrogen-bond donors (Lipinski definition) is 1. The zero-order valence-corrected chi connectivity index (χ0v) is 13.7. The Balaban J connectivity index is 4.33. The largest absolute Gasteiger partial charge is 0.313 e. The highest BCUT2D eigenvalue weighted by Gasteiger charge is 2.17. The van der Waals surface area contributed by atoms with Gasteiger partial charge < -0.3 is 15.1 Å². The normalized spacial score (nSPS) is 14.2. The molecule has 0 heterocycles. The van der Waals surface area contributed by atoms with Crippen molar-refractivity contribution >= 4 is 0 Å². The van der Waals surface area contributed by atoms with Crippen LogP contribution in [-0.4, -0.2) is 62.7 Å². The highest BCUT2D eigenvalue weighted by Crippen LogP contribution is 2.07. The minimum Gasteiger partial charge on any atom is -0.313 e. The standard InChI is InChI=1S/C15H35N3/c1-8-16-15(14(4)5)12-18(11-13(2)3)10-9-17(6)7/h13-16H,8-12H2,1-7H3. The Bertz CT molecular complexity index is 190. The number of rotatable bonds is 10. The molecule has 110 valence electrons. The fraction of sp³-hybridized carbons (Fsp3) is 1.00. The predicted octanol–water partition coefficient (Wildman–Crippen LogP) is 2.14. The summed E-state index contributed by atoms with van der Waals surface area (Å²) in [6.07, 6.45) is 0. The van der Waals surface area contributed by atoms with E-state index in [9.17, 15) is 0 Å². The van der Waals surface area contributed by atoms with E-state index in [-0.39, 0.29) is 0 Å². The second kappa shape index (κ2) is 9.76. The van der Waals surface area contributed by atoms with E-state index in [1.807, 2.05) is 0 Å². The molecule has 0 spiro atoms. The maximum atomic E-state index is 3.62. The van der Waals surface area contributed by atoms with Gasteiger partial charge in [0.2, 0.25) is 0 Å². The van der Waals surface area contributed by atoms with Crippen molar-refractivity contribution in [1.29, 1.82) is 0 Å². The molecule has 0 saturated carbocycles. The molecule has 0 aliphatic rings. The maximum absolute atomic E-state index is 3.62. The van der Waals surface area contributed by atoms with Gasteiger partial charge in [0.1, 0.15) is 0 Å². The molecule has 1 atom stereocenters. The first-order valence-electron chi connectivity index (χ1n) is 7.47. The quantitative estimate of drug-likeness (QED) is 0.647. The van der Waals surface area contributed by atoms with Gasteiger partial charge >= 0.3 is 0 Å². The smallest absolute Gasteiger partial charge is 0.0217 e. The molecule has 0 aliphatic carbocycles. The summed E-state index contributed by atoms with van der Waals surface area (Å²) < 4.78 is 0. The van der Waals surface area contributed by atoms with E-state index >= 15 is 0 Å². The summed E-state index contributed by atoms with van der Waals surface area (Å²) >= 11 is 0. The topological polar surface area (TPSA) is 18.5 Å². The summed E-state index contributed by atoms with van der Waals surface area (Å²) in [5.41, 5.74) is 0. The van der Waals surface area contributed by atoms with Gasteiger partial charge in [-0.1, -0.05) is 34.6 Å². The molecule has 3 heteroatoms. The van der Waals surface area contributed by atoms with Gasteiger partial charge in [-0.2, -0.15) is 0 Å². The second-order valence-electron chi connectivity index (χ2n) is 6.36. The predicted molar refractivity (Wildman–Crippen MR) is 82.1 cm³/mol. The highest BCUT2D eigenvalue weighted by atomic mass is 15.2. The lowest BCUT2D eigenvalue weighted by Gasteiger charge is -2.32. The molecule has 0 aromatic carbocycles. The van der Waals surface area contributed by atoms with Gasteiger partial charge in [-0.25, -0.2) is 0 Å². The van der Waals surface area contributed by atoms with Crippen LogP contribution in [0.5, 0.6) is 0 Å². The van der Waals surface area contributed by atoms with Gasteiger partial charge in [0, 0.05) is 32.2 Å². The van der Waals surface area contributed by atoms with Crippen molar-refractivity contribution in [3.8, 4) is 0 Å². The van der Waals surface area contributed by atoms with Gasteiger partial charge in [-0.05, 0) is 32.5 Å². The van der Waals surface area contributed by atoms with E-state index < -0.39 is 0 Å². The molecular weight excluding hydrogens is 222 g/mol. The van der Waals surface area contributed by atoms with Crippen molar-refractivity contribution in [1.82, 2.24) is 15.1 Å². The molecule has 18 heavy (non-hydrogen) atoms. The van der Waals surface area contributed by atoms with Crippen molar-refractivity contribution < 1.29 is 0 Å². The molecule has 0 aromatic rings. The zero-order chi connectivity index (χ0) is 14.1. The Morgan fingerprint density at radius 1 is 0.944 bits per heavy atom. The van der Waals surface area contributed by atoms with E-state index in [1.54, 1.807) is 0 Å². The van der Waals surface area contributed by atoms with Crippen molar-refractivity contribution in [3.05, 3.63) is 0 Å². The molecule has 0 bridgehead atoms. The molecule has 0 fully saturated rings. The van der Waals surface area contributed by atoms with E-state index in [2.05, 4.69) is 63.8 Å². The van der Waals surface area contributed by atoms with Crippen molar-refractivity contribution in [2.24, 2.45) is 11.8 Å². The van der Waals surface area contributed by atoms with E-state index in [4.69, 9.17) is 0 Å². The van der Waals surface area contributed by atoms with E-state index in [0.717, 1.165) is 25.6 Å². The molecule has 0 radical (unpaired) electrons. The Morgan fingerprint density at radius 2 is 1.56 bits per heavy atom.